The molecule has 0 saturated carbocycles. The molecule has 2 aliphatic heterocycles. The molecule has 0 unspecified atom stereocenters. The van der Waals surface area contributed by atoms with E-state index in [1.165, 1.54) is 15.7 Å². The first-order valence-electron chi connectivity index (χ1n) is 9.95. The highest BCUT2D eigenvalue weighted by atomic mass is 35.5. The van der Waals surface area contributed by atoms with E-state index in [2.05, 4.69) is 5.32 Å². The van der Waals surface area contributed by atoms with E-state index in [1.54, 1.807) is 18.2 Å². The Morgan fingerprint density at radius 2 is 1.80 bits per heavy atom. The van der Waals surface area contributed by atoms with Gasteiger partial charge in [0.15, 0.2) is 0 Å². The Balaban J connectivity index is 1.53. The zero-order valence-corrected chi connectivity index (χ0v) is 19.1. The van der Waals surface area contributed by atoms with Gasteiger partial charge in [-0.25, -0.2) is 0 Å². The second-order valence-corrected chi connectivity index (χ2v) is 10.0. The van der Waals surface area contributed by atoms with Gasteiger partial charge in [0.1, 0.15) is 5.75 Å². The zero-order valence-electron chi connectivity index (χ0n) is 17.5. The van der Waals surface area contributed by atoms with Crippen molar-refractivity contribution in [1.29, 1.82) is 0 Å². The summed E-state index contributed by atoms with van der Waals surface area (Å²) in [5.74, 6) is 0.320. The molecule has 2 atom stereocenters. The molecule has 30 heavy (non-hydrogen) atoms. The summed E-state index contributed by atoms with van der Waals surface area (Å²) in [4.78, 5) is 14.4. The van der Waals surface area contributed by atoms with Gasteiger partial charge in [0.05, 0.1) is 31.5 Å². The minimum atomic E-state index is -3.54. The van der Waals surface area contributed by atoms with E-state index in [-0.39, 0.29) is 24.7 Å². The Labute approximate surface area is 183 Å². The predicted octanol–water partition coefficient (Wildman–Crippen LogP) is 1.26. The molecule has 1 N–H and O–H groups in total. The van der Waals surface area contributed by atoms with Gasteiger partial charge in [-0.1, -0.05) is 11.6 Å². The predicted molar refractivity (Wildman–Crippen MR) is 115 cm³/mol. The summed E-state index contributed by atoms with van der Waals surface area (Å²) in [6.45, 7) is 6.28. The number of nitrogens with one attached hydrogen (secondary N) is 1. The molecule has 0 bridgehead atoms. The number of morpholine rings is 1. The molecule has 2 fully saturated rings. The molecule has 1 aromatic rings. The number of halogens is 1. The summed E-state index contributed by atoms with van der Waals surface area (Å²) >= 11 is 6.00. The van der Waals surface area contributed by atoms with Crippen LogP contribution in [-0.2, 0) is 19.7 Å². The number of anilines is 1. The first-order chi connectivity index (χ1) is 14.2. The molecule has 9 nitrogen and oxygen atoms in total. The molecule has 168 valence electrons. The lowest BCUT2D eigenvalue weighted by atomic mass is 10.3. The second kappa shape index (κ2) is 9.80. The summed E-state index contributed by atoms with van der Waals surface area (Å²) < 4.78 is 39.8. The Morgan fingerprint density at radius 3 is 2.40 bits per heavy atom. The molecular formula is C19H29ClN4O5S. The number of carbonyl (C=O) groups is 1. The van der Waals surface area contributed by atoms with Crippen molar-refractivity contribution in [3.05, 3.63) is 23.2 Å². The topological polar surface area (TPSA) is 91.4 Å². The van der Waals surface area contributed by atoms with E-state index in [1.807, 2.05) is 18.7 Å². The van der Waals surface area contributed by atoms with E-state index in [4.69, 9.17) is 21.1 Å². The largest absolute Gasteiger partial charge is 0.495 e. The number of hydrogen-bond acceptors (Lipinski definition) is 6. The fraction of sp³-hybridized carbons (Fsp3) is 0.632. The second-order valence-electron chi connectivity index (χ2n) is 7.65. The highest BCUT2D eigenvalue weighted by Gasteiger charge is 2.36. The number of carbonyl (C=O) groups excluding carboxylic acids is 1. The first kappa shape index (κ1) is 23.2. The molecule has 3 rings (SSSR count). The van der Waals surface area contributed by atoms with Gasteiger partial charge in [-0.15, -0.1) is 0 Å². The number of nitrogens with zero attached hydrogens (tertiary/aromatic N) is 3. The normalized spacial score (nSPS) is 24.5. The monoisotopic (exact) mass is 460 g/mol. The molecule has 2 aliphatic rings. The summed E-state index contributed by atoms with van der Waals surface area (Å²) in [6.07, 6.45) is -0.256. The average molecular weight is 461 g/mol. The Bertz CT molecular complexity index is 850. The summed E-state index contributed by atoms with van der Waals surface area (Å²) in [6, 6.07) is 5.01. The van der Waals surface area contributed by atoms with E-state index < -0.39 is 10.2 Å². The molecular weight excluding hydrogens is 432 g/mol. The van der Waals surface area contributed by atoms with Gasteiger partial charge in [-0.3, -0.25) is 9.69 Å². The molecule has 0 radical (unpaired) electrons. The van der Waals surface area contributed by atoms with Crippen molar-refractivity contribution in [3.63, 3.8) is 0 Å². The number of methoxy groups -OCH3 is 1. The number of amides is 1. The molecule has 0 aliphatic carbocycles. The van der Waals surface area contributed by atoms with Gasteiger partial charge < -0.3 is 14.8 Å². The maximum absolute atomic E-state index is 13.0. The minimum absolute atomic E-state index is 0.128. The van der Waals surface area contributed by atoms with Crippen molar-refractivity contribution in [3.8, 4) is 5.75 Å². The van der Waals surface area contributed by atoms with Gasteiger partial charge in [0, 0.05) is 44.3 Å². The van der Waals surface area contributed by atoms with Crippen molar-refractivity contribution in [2.75, 3.05) is 58.2 Å². The molecule has 0 spiro atoms. The molecule has 1 amide bonds. The Kier molecular flexibility index (Phi) is 7.59. The summed E-state index contributed by atoms with van der Waals surface area (Å²) in [7, 11) is -2.01. The van der Waals surface area contributed by atoms with Crippen LogP contribution in [0.2, 0.25) is 5.02 Å². The van der Waals surface area contributed by atoms with Gasteiger partial charge in [-0.05, 0) is 32.0 Å². The quantitative estimate of drug-likeness (QED) is 0.687. The summed E-state index contributed by atoms with van der Waals surface area (Å²) in [5.41, 5.74) is 0.506. The Morgan fingerprint density at radius 1 is 1.17 bits per heavy atom. The molecule has 0 aromatic heterocycles. The van der Waals surface area contributed by atoms with Gasteiger partial charge in [0.2, 0.25) is 5.91 Å². The van der Waals surface area contributed by atoms with Crippen molar-refractivity contribution < 1.29 is 22.7 Å². The van der Waals surface area contributed by atoms with Crippen LogP contribution < -0.4 is 10.1 Å². The highest BCUT2D eigenvalue weighted by molar-refractivity contribution is 7.86. The number of rotatable bonds is 6. The number of benzene rings is 1. The highest BCUT2D eigenvalue weighted by Crippen LogP contribution is 2.27. The first-order valence-corrected chi connectivity index (χ1v) is 11.7. The van der Waals surface area contributed by atoms with Crippen LogP contribution in [0.5, 0.6) is 5.75 Å². The fourth-order valence-corrected chi connectivity index (χ4v) is 5.69. The average Bonchev–Trinajstić information content (AvgIpc) is 2.68. The van der Waals surface area contributed by atoms with Crippen LogP contribution >= 0.6 is 11.6 Å². The third-order valence-electron chi connectivity index (χ3n) is 5.17. The van der Waals surface area contributed by atoms with Crippen molar-refractivity contribution >= 4 is 33.4 Å². The number of hydrogen-bond donors (Lipinski definition) is 1. The number of ether oxygens (including phenoxy) is 2. The van der Waals surface area contributed by atoms with Gasteiger partial charge >= 0.3 is 0 Å². The number of piperazine rings is 1. The van der Waals surface area contributed by atoms with Crippen LogP contribution in [0.15, 0.2) is 18.2 Å². The smallest absolute Gasteiger partial charge is 0.282 e. The van der Waals surface area contributed by atoms with Crippen molar-refractivity contribution in [2.45, 2.75) is 26.1 Å². The third-order valence-corrected chi connectivity index (χ3v) is 7.38. The summed E-state index contributed by atoms with van der Waals surface area (Å²) in [5, 5.41) is 3.31. The fourth-order valence-electron chi connectivity index (χ4n) is 3.77. The third kappa shape index (κ3) is 5.63. The van der Waals surface area contributed by atoms with E-state index in [0.717, 1.165) is 0 Å². The molecule has 2 saturated heterocycles. The molecule has 2 heterocycles. The van der Waals surface area contributed by atoms with Gasteiger partial charge in [-0.2, -0.15) is 17.0 Å². The van der Waals surface area contributed by atoms with Crippen LogP contribution in [0.4, 0.5) is 5.69 Å². The van der Waals surface area contributed by atoms with Crippen molar-refractivity contribution in [2.24, 2.45) is 0 Å². The maximum Gasteiger partial charge on any atom is 0.282 e. The van der Waals surface area contributed by atoms with E-state index in [0.29, 0.717) is 55.7 Å². The lowest BCUT2D eigenvalue weighted by Crippen LogP contribution is -2.57. The van der Waals surface area contributed by atoms with Crippen LogP contribution in [0.1, 0.15) is 13.8 Å². The van der Waals surface area contributed by atoms with Gasteiger partial charge in [0.25, 0.3) is 10.2 Å². The van der Waals surface area contributed by atoms with Crippen LogP contribution in [0.25, 0.3) is 0 Å². The SMILES string of the molecule is COc1ccc(Cl)cc1NC(=O)CN1CCN(S(=O)(=O)N2C[C@@H](C)O[C@H](C)C2)CC1. The van der Waals surface area contributed by atoms with Crippen LogP contribution in [0, 0.1) is 0 Å². The lowest BCUT2D eigenvalue weighted by molar-refractivity contribution is -0.117. The standard InChI is InChI=1S/C19H29ClN4O5S/c1-14-11-24(12-15(2)29-14)30(26,27)23-8-6-22(7-9-23)13-19(25)21-17-10-16(20)4-5-18(17)28-3/h4-5,10,14-15H,6-9,11-13H2,1-3H3,(H,21,25)/t14-,15-/m1/s1. The maximum atomic E-state index is 13.0. The zero-order chi connectivity index (χ0) is 21.9. The lowest BCUT2D eigenvalue weighted by Gasteiger charge is -2.40. The minimum Gasteiger partial charge on any atom is -0.495 e. The van der Waals surface area contributed by atoms with Crippen molar-refractivity contribution in [1.82, 2.24) is 13.5 Å². The van der Waals surface area contributed by atoms with E-state index >= 15 is 0 Å². The molecule has 1 aromatic carbocycles. The molecule has 11 heteroatoms. The Hall–Kier alpha value is -1.43. The van der Waals surface area contributed by atoms with Crippen LogP contribution in [-0.4, -0.2) is 93.0 Å². The van der Waals surface area contributed by atoms with E-state index in [9.17, 15) is 13.2 Å². The van der Waals surface area contributed by atoms with Crippen LogP contribution in [0.3, 0.4) is 0 Å².